The van der Waals surface area contributed by atoms with Crippen molar-refractivity contribution in [2.24, 2.45) is 5.41 Å². The molecule has 146 valence electrons. The van der Waals surface area contributed by atoms with Crippen LogP contribution >= 0.6 is 0 Å². The summed E-state index contributed by atoms with van der Waals surface area (Å²) in [5.41, 5.74) is 3.96. The lowest BCUT2D eigenvalue weighted by molar-refractivity contribution is 0.302. The summed E-state index contributed by atoms with van der Waals surface area (Å²) >= 11 is 0. The van der Waals surface area contributed by atoms with Crippen molar-refractivity contribution in [3.05, 3.63) is 54.2 Å². The molecule has 0 aliphatic carbocycles. The molecule has 0 saturated carbocycles. The lowest BCUT2D eigenvalue weighted by Crippen LogP contribution is -2.36. The molecular formula is C24H29N3O. The molecule has 0 atom stereocenters. The summed E-state index contributed by atoms with van der Waals surface area (Å²) in [4.78, 5) is 4.93. The third kappa shape index (κ3) is 3.64. The van der Waals surface area contributed by atoms with E-state index in [2.05, 4.69) is 81.7 Å². The minimum atomic E-state index is -0.0974. The third-order valence-corrected chi connectivity index (χ3v) is 4.87. The van der Waals surface area contributed by atoms with Crippen LogP contribution in [0.25, 0.3) is 28.1 Å². The molecule has 4 heteroatoms. The van der Waals surface area contributed by atoms with Crippen LogP contribution in [0.4, 0.5) is 5.82 Å². The summed E-state index contributed by atoms with van der Waals surface area (Å²) in [5, 5.41) is 4.86. The van der Waals surface area contributed by atoms with Crippen molar-refractivity contribution in [1.82, 2.24) is 9.38 Å². The summed E-state index contributed by atoms with van der Waals surface area (Å²) in [6.07, 6.45) is 3.11. The van der Waals surface area contributed by atoms with Gasteiger partial charge in [0.05, 0.1) is 0 Å². The zero-order valence-electron chi connectivity index (χ0n) is 17.6. The fraction of sp³-hybridized carbons (Fsp3) is 0.375. The van der Waals surface area contributed by atoms with Crippen LogP contribution < -0.4 is 5.32 Å². The highest BCUT2D eigenvalue weighted by molar-refractivity contribution is 5.85. The minimum absolute atomic E-state index is 0.0974. The van der Waals surface area contributed by atoms with Crippen LogP contribution in [0.3, 0.4) is 0 Å². The average molecular weight is 376 g/mol. The van der Waals surface area contributed by atoms with Crippen LogP contribution in [-0.4, -0.2) is 14.9 Å². The number of para-hydroxylation sites is 1. The molecule has 28 heavy (non-hydrogen) atoms. The molecule has 0 radical (unpaired) electrons. The number of aryl methyl sites for hydroxylation is 1. The predicted molar refractivity (Wildman–Crippen MR) is 117 cm³/mol. The Hall–Kier alpha value is -2.75. The van der Waals surface area contributed by atoms with E-state index in [1.807, 2.05) is 18.2 Å². The smallest absolute Gasteiger partial charge is 0.157 e. The first-order valence-corrected chi connectivity index (χ1v) is 9.87. The second-order valence-electron chi connectivity index (χ2n) is 9.64. The highest BCUT2D eigenvalue weighted by Gasteiger charge is 2.28. The van der Waals surface area contributed by atoms with Crippen molar-refractivity contribution in [3.63, 3.8) is 0 Å². The van der Waals surface area contributed by atoms with Gasteiger partial charge in [0.15, 0.2) is 5.76 Å². The molecule has 0 spiro atoms. The second kappa shape index (κ2) is 6.40. The number of nitrogens with zero attached hydrogens (tertiary/aromatic N) is 2. The number of furan rings is 1. The van der Waals surface area contributed by atoms with E-state index < -0.39 is 0 Å². The van der Waals surface area contributed by atoms with E-state index in [1.165, 1.54) is 5.56 Å². The van der Waals surface area contributed by atoms with E-state index in [9.17, 15) is 0 Å². The van der Waals surface area contributed by atoms with Crippen molar-refractivity contribution >= 4 is 22.4 Å². The summed E-state index contributed by atoms with van der Waals surface area (Å²) in [7, 11) is 0. The number of rotatable bonds is 4. The van der Waals surface area contributed by atoms with Crippen LogP contribution in [0.5, 0.6) is 0 Å². The number of nitrogens with one attached hydrogen (secondary N) is 1. The first kappa shape index (κ1) is 18.6. The molecule has 3 heterocycles. The van der Waals surface area contributed by atoms with Gasteiger partial charge in [0.2, 0.25) is 0 Å². The standard InChI is InChI=1S/C24H29N3O/c1-16-11-12-27-20(13-16)25-21(19-14-17-9-7-8-10-18(17)28-19)22(27)26-24(5,6)15-23(2,3)4/h7-14,26H,15H2,1-6H3. The monoisotopic (exact) mass is 375 g/mol. The van der Waals surface area contributed by atoms with Gasteiger partial charge in [-0.25, -0.2) is 4.98 Å². The molecule has 4 aromatic rings. The molecule has 0 aliphatic rings. The van der Waals surface area contributed by atoms with Crippen molar-refractivity contribution < 1.29 is 4.42 Å². The molecule has 1 aromatic carbocycles. The van der Waals surface area contributed by atoms with Crippen molar-refractivity contribution in [1.29, 1.82) is 0 Å². The SMILES string of the molecule is Cc1ccn2c(NC(C)(C)CC(C)(C)C)c(-c3cc4ccccc4o3)nc2c1. The number of fused-ring (bicyclic) bond motifs is 2. The van der Waals surface area contributed by atoms with Crippen LogP contribution in [0, 0.1) is 12.3 Å². The Kier molecular flexibility index (Phi) is 4.25. The molecule has 0 saturated heterocycles. The summed E-state index contributed by atoms with van der Waals surface area (Å²) in [5.74, 6) is 1.76. The highest BCUT2D eigenvalue weighted by Crippen LogP contribution is 2.36. The Morgan fingerprint density at radius 2 is 1.79 bits per heavy atom. The largest absolute Gasteiger partial charge is 0.454 e. The van der Waals surface area contributed by atoms with Crippen molar-refractivity contribution in [2.75, 3.05) is 5.32 Å². The number of imidazole rings is 1. The van der Waals surface area contributed by atoms with Gasteiger partial charge < -0.3 is 9.73 Å². The Bertz CT molecular complexity index is 1110. The summed E-state index contributed by atoms with van der Waals surface area (Å²) in [6, 6.07) is 14.4. The number of hydrogen-bond acceptors (Lipinski definition) is 3. The second-order valence-corrected chi connectivity index (χ2v) is 9.64. The molecular weight excluding hydrogens is 346 g/mol. The first-order valence-electron chi connectivity index (χ1n) is 9.87. The molecule has 0 aliphatic heterocycles. The molecule has 4 rings (SSSR count). The van der Waals surface area contributed by atoms with E-state index in [0.717, 1.165) is 40.3 Å². The van der Waals surface area contributed by atoms with Gasteiger partial charge in [-0.3, -0.25) is 4.40 Å². The number of hydrogen-bond donors (Lipinski definition) is 1. The maximum Gasteiger partial charge on any atom is 0.157 e. The lowest BCUT2D eigenvalue weighted by atomic mass is 9.82. The number of anilines is 1. The van der Waals surface area contributed by atoms with Gasteiger partial charge in [-0.2, -0.15) is 0 Å². The quantitative estimate of drug-likeness (QED) is 0.432. The first-order chi connectivity index (χ1) is 13.1. The van der Waals surface area contributed by atoms with Gasteiger partial charge in [-0.05, 0) is 62.4 Å². The summed E-state index contributed by atoms with van der Waals surface area (Å²) < 4.78 is 8.28. The van der Waals surface area contributed by atoms with Crippen LogP contribution in [0.1, 0.15) is 46.6 Å². The van der Waals surface area contributed by atoms with E-state index in [0.29, 0.717) is 0 Å². The van der Waals surface area contributed by atoms with E-state index in [4.69, 9.17) is 9.40 Å². The maximum absolute atomic E-state index is 6.15. The zero-order valence-corrected chi connectivity index (χ0v) is 17.6. The molecule has 3 aromatic heterocycles. The molecule has 0 unspecified atom stereocenters. The predicted octanol–water partition coefficient (Wildman–Crippen LogP) is 6.68. The maximum atomic E-state index is 6.15. The molecule has 0 bridgehead atoms. The Morgan fingerprint density at radius 1 is 1.04 bits per heavy atom. The van der Waals surface area contributed by atoms with Gasteiger partial charge in [0.25, 0.3) is 0 Å². The fourth-order valence-corrected chi connectivity index (χ4v) is 4.23. The molecule has 0 fully saturated rings. The van der Waals surface area contributed by atoms with Crippen molar-refractivity contribution in [3.8, 4) is 11.5 Å². The topological polar surface area (TPSA) is 42.5 Å². The van der Waals surface area contributed by atoms with Gasteiger partial charge in [0.1, 0.15) is 22.7 Å². The minimum Gasteiger partial charge on any atom is -0.454 e. The normalized spacial score (nSPS) is 12.8. The van der Waals surface area contributed by atoms with Crippen LogP contribution in [-0.2, 0) is 0 Å². The van der Waals surface area contributed by atoms with Gasteiger partial charge in [-0.15, -0.1) is 0 Å². The zero-order chi connectivity index (χ0) is 20.1. The van der Waals surface area contributed by atoms with Gasteiger partial charge >= 0.3 is 0 Å². The molecule has 4 nitrogen and oxygen atoms in total. The number of pyridine rings is 1. The summed E-state index contributed by atoms with van der Waals surface area (Å²) in [6.45, 7) is 13.4. The number of benzene rings is 1. The van der Waals surface area contributed by atoms with Gasteiger partial charge in [-0.1, -0.05) is 39.0 Å². The fourth-order valence-electron chi connectivity index (χ4n) is 4.23. The van der Waals surface area contributed by atoms with Crippen LogP contribution in [0.15, 0.2) is 53.1 Å². The highest BCUT2D eigenvalue weighted by atomic mass is 16.3. The van der Waals surface area contributed by atoms with Gasteiger partial charge in [0, 0.05) is 17.1 Å². The average Bonchev–Trinajstić information content (AvgIpc) is 3.13. The third-order valence-electron chi connectivity index (χ3n) is 4.87. The van der Waals surface area contributed by atoms with Crippen molar-refractivity contribution in [2.45, 2.75) is 53.5 Å². The molecule has 0 amide bonds. The lowest BCUT2D eigenvalue weighted by Gasteiger charge is -2.34. The van der Waals surface area contributed by atoms with E-state index in [1.54, 1.807) is 0 Å². The van der Waals surface area contributed by atoms with E-state index in [-0.39, 0.29) is 11.0 Å². The number of aromatic nitrogens is 2. The van der Waals surface area contributed by atoms with Crippen LogP contribution in [0.2, 0.25) is 0 Å². The Morgan fingerprint density at radius 3 is 2.50 bits per heavy atom. The van der Waals surface area contributed by atoms with E-state index >= 15 is 0 Å². The molecule has 1 N–H and O–H groups in total. The Balaban J connectivity index is 1.87. The Labute approximate surface area is 166 Å².